The van der Waals surface area contributed by atoms with Crippen molar-refractivity contribution in [3.8, 4) is 11.5 Å². The van der Waals surface area contributed by atoms with Gasteiger partial charge in [0, 0.05) is 6.07 Å². The summed E-state index contributed by atoms with van der Waals surface area (Å²) in [7, 11) is 1.17. The molecule has 0 fully saturated rings. The fourth-order valence-electron chi connectivity index (χ4n) is 1.05. The second-order valence-corrected chi connectivity index (χ2v) is 2.63. The van der Waals surface area contributed by atoms with E-state index in [0.717, 1.165) is 24.3 Å². The lowest BCUT2D eigenvalue weighted by atomic mass is 10.1. The van der Waals surface area contributed by atoms with Crippen LogP contribution in [0.4, 0.5) is 8.78 Å². The molecule has 1 N–H and O–H groups in total. The minimum atomic E-state index is -3.71. The van der Waals surface area contributed by atoms with Crippen LogP contribution in [0.5, 0.6) is 11.5 Å². The van der Waals surface area contributed by atoms with E-state index in [1.165, 1.54) is 7.11 Å². The number of hydrogen-bond donors (Lipinski definition) is 1. The van der Waals surface area contributed by atoms with Gasteiger partial charge in [-0.05, 0) is 12.1 Å². The van der Waals surface area contributed by atoms with Crippen molar-refractivity contribution in [2.75, 3.05) is 7.11 Å². The zero-order valence-electron chi connectivity index (χ0n) is 7.70. The van der Waals surface area contributed by atoms with Crippen molar-refractivity contribution in [1.29, 1.82) is 0 Å². The van der Waals surface area contributed by atoms with Gasteiger partial charge in [-0.1, -0.05) is 0 Å². The maximum Gasteiger partial charge on any atom is 0.382 e. The van der Waals surface area contributed by atoms with Crippen LogP contribution < -0.4 is 4.74 Å². The summed E-state index contributed by atoms with van der Waals surface area (Å²) in [6.07, 6.45) is 0.779. The van der Waals surface area contributed by atoms with E-state index in [2.05, 4.69) is 9.73 Å². The highest BCUT2D eigenvalue weighted by molar-refractivity contribution is 5.44. The number of ether oxygens (including phenoxy) is 1. The summed E-state index contributed by atoms with van der Waals surface area (Å²) in [4.78, 5) is 12.2. The summed E-state index contributed by atoms with van der Waals surface area (Å²) in [6, 6.07) is -0.731. The molecule has 0 radical (unpaired) electrons. The predicted molar refractivity (Wildman–Crippen MR) is 46.7 cm³/mol. The number of hydrogen-bond acceptors (Lipinski definition) is 4. The number of rotatable bonds is 3. The molecule has 15 heavy (non-hydrogen) atoms. The molecule has 0 unspecified atom stereocenters. The Morgan fingerprint density at radius 3 is 2.73 bits per heavy atom. The molecule has 0 heterocycles. The van der Waals surface area contributed by atoms with Crippen molar-refractivity contribution >= 4 is 6.08 Å². The zero-order valence-corrected chi connectivity index (χ0v) is 7.70. The van der Waals surface area contributed by atoms with E-state index >= 15 is 0 Å². The van der Waals surface area contributed by atoms with Gasteiger partial charge in [0.05, 0.1) is 12.7 Å². The van der Waals surface area contributed by atoms with Gasteiger partial charge in [-0.3, -0.25) is 0 Å². The number of isocyanates is 1. The van der Waals surface area contributed by atoms with Crippen LogP contribution in [0.1, 0.15) is 5.56 Å². The third-order valence-electron chi connectivity index (χ3n) is 1.70. The summed E-state index contributed by atoms with van der Waals surface area (Å²) >= 11 is 0. The highest BCUT2D eigenvalue weighted by atomic mass is 19.3. The highest BCUT2D eigenvalue weighted by Gasteiger charge is 2.34. The molecule has 0 aromatic heterocycles. The quantitative estimate of drug-likeness (QED) is 0.475. The van der Waals surface area contributed by atoms with E-state index in [0.29, 0.717) is 0 Å². The van der Waals surface area contributed by atoms with Gasteiger partial charge in [-0.15, -0.1) is 4.99 Å². The van der Waals surface area contributed by atoms with E-state index in [9.17, 15) is 13.6 Å². The lowest BCUT2D eigenvalue weighted by Gasteiger charge is -2.13. The number of benzene rings is 1. The number of methoxy groups -OCH3 is 1. The van der Waals surface area contributed by atoms with Gasteiger partial charge in [0.2, 0.25) is 6.08 Å². The summed E-state index contributed by atoms with van der Waals surface area (Å²) in [6.45, 7) is 0. The summed E-state index contributed by atoms with van der Waals surface area (Å²) < 4.78 is 30.9. The molecule has 0 aliphatic carbocycles. The smallest absolute Gasteiger partial charge is 0.382 e. The molecule has 0 aliphatic rings. The van der Waals surface area contributed by atoms with Crippen molar-refractivity contribution in [2.45, 2.75) is 6.05 Å². The van der Waals surface area contributed by atoms with Crippen molar-refractivity contribution in [3.63, 3.8) is 0 Å². The number of aromatic hydroxyl groups is 1. The number of halogens is 2. The number of nitrogens with zero attached hydrogens (tertiary/aromatic N) is 1. The average Bonchev–Trinajstić information content (AvgIpc) is 2.17. The van der Waals surface area contributed by atoms with Crippen LogP contribution in [0.2, 0.25) is 0 Å². The Morgan fingerprint density at radius 2 is 2.20 bits per heavy atom. The van der Waals surface area contributed by atoms with Crippen LogP contribution in [0, 0.1) is 0 Å². The number of alkyl halides is 2. The Kier molecular flexibility index (Phi) is 3.01. The molecule has 80 valence electrons. The van der Waals surface area contributed by atoms with Gasteiger partial charge in [-0.25, -0.2) is 4.79 Å². The molecule has 6 heteroatoms. The first kappa shape index (κ1) is 11.1. The van der Waals surface area contributed by atoms with Crippen LogP contribution in [-0.4, -0.2) is 18.3 Å². The Balaban J connectivity index is 3.30. The van der Waals surface area contributed by atoms with Crippen molar-refractivity contribution in [1.82, 2.24) is 0 Å². The van der Waals surface area contributed by atoms with Crippen LogP contribution in [0.25, 0.3) is 0 Å². The summed E-state index contributed by atoms with van der Waals surface area (Å²) in [5.74, 6) is -0.472. The number of aliphatic imine (C=N–C) groups is 1. The lowest BCUT2D eigenvalue weighted by molar-refractivity contribution is 0.00387. The first-order chi connectivity index (χ1) is 7.01. The summed E-state index contributed by atoms with van der Waals surface area (Å²) in [5, 5.41) is 9.03. The van der Waals surface area contributed by atoms with E-state index < -0.39 is 11.6 Å². The number of phenolic OH excluding ortho intramolecular Hbond substituents is 1. The highest BCUT2D eigenvalue weighted by Crippen LogP contribution is 2.37. The Morgan fingerprint density at radius 1 is 1.53 bits per heavy atom. The van der Waals surface area contributed by atoms with E-state index in [4.69, 9.17) is 5.11 Å². The molecule has 1 aromatic rings. The molecule has 0 saturated heterocycles. The average molecular weight is 215 g/mol. The third-order valence-corrected chi connectivity index (χ3v) is 1.70. The van der Waals surface area contributed by atoms with Crippen molar-refractivity contribution < 1.29 is 23.4 Å². The molecule has 0 amide bonds. The second-order valence-electron chi connectivity index (χ2n) is 2.63. The van der Waals surface area contributed by atoms with E-state index in [1.807, 2.05) is 0 Å². The van der Waals surface area contributed by atoms with Gasteiger partial charge in [0.15, 0.2) is 0 Å². The van der Waals surface area contributed by atoms with Gasteiger partial charge < -0.3 is 9.84 Å². The lowest BCUT2D eigenvalue weighted by Crippen LogP contribution is -2.11. The fourth-order valence-corrected chi connectivity index (χ4v) is 1.05. The van der Waals surface area contributed by atoms with E-state index in [1.54, 1.807) is 0 Å². The van der Waals surface area contributed by atoms with Crippen LogP contribution in [0.15, 0.2) is 23.2 Å². The first-order valence-corrected chi connectivity index (χ1v) is 3.85. The molecule has 1 aromatic carbocycles. The molecule has 4 nitrogen and oxygen atoms in total. The molecular formula is C9H7F2NO3. The summed E-state index contributed by atoms with van der Waals surface area (Å²) in [5.41, 5.74) is -0.605. The van der Waals surface area contributed by atoms with Crippen LogP contribution >= 0.6 is 0 Å². The maximum atomic E-state index is 13.1. The fraction of sp³-hybridized carbons (Fsp3) is 0.222. The van der Waals surface area contributed by atoms with E-state index in [-0.39, 0.29) is 11.5 Å². The molecule has 0 atom stereocenters. The van der Waals surface area contributed by atoms with Crippen molar-refractivity contribution in [2.24, 2.45) is 4.99 Å². The molecular weight excluding hydrogens is 208 g/mol. The molecule has 0 saturated carbocycles. The van der Waals surface area contributed by atoms with Gasteiger partial charge in [0.1, 0.15) is 11.5 Å². The Labute approximate surface area is 83.8 Å². The molecule has 0 aliphatic heterocycles. The minimum absolute atomic E-state index is 0.221. The monoisotopic (exact) mass is 215 g/mol. The van der Waals surface area contributed by atoms with Crippen LogP contribution in [-0.2, 0) is 10.8 Å². The first-order valence-electron chi connectivity index (χ1n) is 3.85. The largest absolute Gasteiger partial charge is 0.508 e. The standard InChI is InChI=1S/C9H7F2NO3/c1-15-8-4-6(14)2-3-7(8)9(10,11)12-5-13/h2-4,14H,1H3. The SMILES string of the molecule is COc1cc(O)ccc1C(F)(F)N=C=O. The minimum Gasteiger partial charge on any atom is -0.508 e. The normalized spacial score (nSPS) is 10.6. The third kappa shape index (κ3) is 2.30. The number of carbonyl (C=O) groups excluding carboxylic acids is 1. The van der Waals surface area contributed by atoms with Gasteiger partial charge in [0.25, 0.3) is 0 Å². The van der Waals surface area contributed by atoms with Gasteiger partial charge >= 0.3 is 6.05 Å². The zero-order chi connectivity index (χ0) is 11.5. The maximum absolute atomic E-state index is 13.1. The van der Waals surface area contributed by atoms with Crippen LogP contribution in [0.3, 0.4) is 0 Å². The van der Waals surface area contributed by atoms with Crippen molar-refractivity contribution in [3.05, 3.63) is 23.8 Å². The Bertz CT molecular complexity index is 414. The molecule has 0 spiro atoms. The molecule has 0 bridgehead atoms. The topological polar surface area (TPSA) is 58.9 Å². The Hall–Kier alpha value is -1.94. The predicted octanol–water partition coefficient (Wildman–Crippen LogP) is 1.79. The second kappa shape index (κ2) is 4.06. The molecule has 1 rings (SSSR count). The van der Waals surface area contributed by atoms with Gasteiger partial charge in [-0.2, -0.15) is 8.78 Å². The number of phenols is 1.